The lowest BCUT2D eigenvalue weighted by atomic mass is 10.1. The third-order valence-corrected chi connectivity index (χ3v) is 4.56. The second kappa shape index (κ2) is 4.75. The minimum atomic E-state index is 0.303. The van der Waals surface area contributed by atoms with Crippen molar-refractivity contribution in [1.29, 1.82) is 0 Å². The molecule has 1 N–H and O–H groups in total. The molecule has 0 aliphatic carbocycles. The number of rotatable bonds is 2. The molecule has 4 nitrogen and oxygen atoms in total. The summed E-state index contributed by atoms with van der Waals surface area (Å²) < 4.78 is 5.37. The van der Waals surface area contributed by atoms with Crippen molar-refractivity contribution >= 4 is 11.8 Å². The highest BCUT2D eigenvalue weighted by molar-refractivity contribution is 7.99. The van der Waals surface area contributed by atoms with Crippen molar-refractivity contribution in [3.8, 4) is 0 Å². The zero-order chi connectivity index (χ0) is 10.8. The summed E-state index contributed by atoms with van der Waals surface area (Å²) in [5.41, 5.74) is 0. The summed E-state index contributed by atoms with van der Waals surface area (Å²) in [4.78, 5) is 4.56. The Morgan fingerprint density at radius 3 is 3.06 bits per heavy atom. The highest BCUT2D eigenvalue weighted by atomic mass is 32.2. The average Bonchev–Trinajstić information content (AvgIpc) is 3.01. The lowest BCUT2D eigenvalue weighted by Crippen LogP contribution is -2.14. The van der Waals surface area contributed by atoms with Crippen LogP contribution < -0.4 is 5.32 Å². The maximum atomic E-state index is 5.37. The molecular weight excluding hydrogens is 222 g/mol. The van der Waals surface area contributed by atoms with Crippen molar-refractivity contribution in [3.63, 3.8) is 0 Å². The van der Waals surface area contributed by atoms with Crippen LogP contribution in [0.4, 0.5) is 0 Å². The molecule has 0 aromatic carbocycles. The van der Waals surface area contributed by atoms with Crippen molar-refractivity contribution in [2.45, 2.75) is 37.6 Å². The Morgan fingerprint density at radius 1 is 1.31 bits per heavy atom. The molecule has 3 heterocycles. The summed E-state index contributed by atoms with van der Waals surface area (Å²) in [7, 11) is 0. The van der Waals surface area contributed by atoms with Gasteiger partial charge in [-0.2, -0.15) is 16.7 Å². The Kier molecular flexibility index (Phi) is 3.15. The lowest BCUT2D eigenvalue weighted by molar-refractivity contribution is 0.339. The van der Waals surface area contributed by atoms with E-state index in [9.17, 15) is 0 Å². The first-order valence-electron chi connectivity index (χ1n) is 6.08. The minimum absolute atomic E-state index is 0.303. The molecule has 0 amide bonds. The van der Waals surface area contributed by atoms with Crippen LogP contribution in [0, 0.1) is 0 Å². The highest BCUT2D eigenvalue weighted by Crippen LogP contribution is 2.30. The molecule has 0 spiro atoms. The predicted molar refractivity (Wildman–Crippen MR) is 63.6 cm³/mol. The Bertz CT molecular complexity index is 343. The molecule has 2 aliphatic rings. The number of hydrogen-bond donors (Lipinski definition) is 1. The second-order valence-corrected chi connectivity index (χ2v) is 5.70. The van der Waals surface area contributed by atoms with Gasteiger partial charge in [0.25, 0.3) is 0 Å². The van der Waals surface area contributed by atoms with Crippen LogP contribution in [0.1, 0.15) is 49.4 Å². The maximum absolute atomic E-state index is 5.37. The zero-order valence-electron chi connectivity index (χ0n) is 9.32. The van der Waals surface area contributed by atoms with E-state index in [1.54, 1.807) is 0 Å². The Balaban J connectivity index is 1.71. The van der Waals surface area contributed by atoms with E-state index in [2.05, 4.69) is 15.5 Å². The second-order valence-electron chi connectivity index (χ2n) is 4.55. The van der Waals surface area contributed by atoms with Crippen molar-refractivity contribution in [3.05, 3.63) is 11.7 Å². The van der Waals surface area contributed by atoms with Gasteiger partial charge in [-0.15, -0.1) is 0 Å². The van der Waals surface area contributed by atoms with Crippen molar-refractivity contribution < 1.29 is 4.52 Å². The molecule has 2 saturated heterocycles. The van der Waals surface area contributed by atoms with Crippen LogP contribution in [0.5, 0.6) is 0 Å². The normalized spacial score (nSPS) is 30.8. The first-order valence-corrected chi connectivity index (χ1v) is 7.23. The molecule has 16 heavy (non-hydrogen) atoms. The van der Waals surface area contributed by atoms with E-state index >= 15 is 0 Å². The van der Waals surface area contributed by atoms with Gasteiger partial charge in [0.05, 0.1) is 6.04 Å². The van der Waals surface area contributed by atoms with Crippen LogP contribution in [0.15, 0.2) is 4.52 Å². The lowest BCUT2D eigenvalue weighted by Gasteiger charge is -2.17. The molecular formula is C11H17N3OS. The Hall–Kier alpha value is -0.550. The van der Waals surface area contributed by atoms with E-state index in [1.165, 1.54) is 25.0 Å². The molecule has 0 radical (unpaired) electrons. The van der Waals surface area contributed by atoms with Crippen LogP contribution >= 0.6 is 11.8 Å². The smallest absolute Gasteiger partial charge is 0.243 e. The standard InChI is InChI=1S/C11H17N3OS/c1-4-9(12-5-1)11-13-10(14-15-11)8-3-2-6-16-7-8/h8-9,12H,1-7H2. The fourth-order valence-electron chi connectivity index (χ4n) is 2.39. The summed E-state index contributed by atoms with van der Waals surface area (Å²) in [5.74, 6) is 4.67. The molecule has 0 saturated carbocycles. The number of thioether (sulfide) groups is 1. The average molecular weight is 239 g/mol. The third-order valence-electron chi connectivity index (χ3n) is 3.34. The Morgan fingerprint density at radius 2 is 2.31 bits per heavy atom. The molecule has 2 fully saturated rings. The minimum Gasteiger partial charge on any atom is -0.338 e. The summed E-state index contributed by atoms with van der Waals surface area (Å²) in [6.07, 6.45) is 4.83. The zero-order valence-corrected chi connectivity index (χ0v) is 10.1. The fourth-order valence-corrected chi connectivity index (χ4v) is 3.53. The van der Waals surface area contributed by atoms with Gasteiger partial charge in [-0.25, -0.2) is 0 Å². The first kappa shape index (κ1) is 10.6. The predicted octanol–water partition coefficient (Wildman–Crippen LogP) is 2.10. The number of hydrogen-bond acceptors (Lipinski definition) is 5. The number of nitrogens with one attached hydrogen (secondary N) is 1. The monoisotopic (exact) mass is 239 g/mol. The van der Waals surface area contributed by atoms with E-state index in [-0.39, 0.29) is 0 Å². The van der Waals surface area contributed by atoms with Crippen molar-refractivity contribution in [2.24, 2.45) is 0 Å². The number of aromatic nitrogens is 2. The summed E-state index contributed by atoms with van der Waals surface area (Å²) in [6.45, 7) is 1.07. The molecule has 1 aromatic rings. The quantitative estimate of drug-likeness (QED) is 0.856. The first-order chi connectivity index (χ1) is 7.93. The van der Waals surface area contributed by atoms with Crippen LogP contribution in [-0.2, 0) is 0 Å². The van der Waals surface area contributed by atoms with E-state index in [0.29, 0.717) is 12.0 Å². The summed E-state index contributed by atoms with van der Waals surface area (Å²) in [6, 6.07) is 0.303. The van der Waals surface area contributed by atoms with E-state index in [0.717, 1.165) is 30.4 Å². The third kappa shape index (κ3) is 2.11. The molecule has 0 bridgehead atoms. The summed E-state index contributed by atoms with van der Waals surface area (Å²) in [5, 5.41) is 7.53. The van der Waals surface area contributed by atoms with Crippen LogP contribution in [0.25, 0.3) is 0 Å². The molecule has 2 aliphatic heterocycles. The van der Waals surface area contributed by atoms with Crippen molar-refractivity contribution in [1.82, 2.24) is 15.5 Å². The molecule has 2 atom stereocenters. The van der Waals surface area contributed by atoms with E-state index in [4.69, 9.17) is 4.52 Å². The number of nitrogens with zero attached hydrogens (tertiary/aromatic N) is 2. The van der Waals surface area contributed by atoms with Crippen LogP contribution in [0.3, 0.4) is 0 Å². The van der Waals surface area contributed by atoms with Gasteiger partial charge in [0.1, 0.15) is 0 Å². The topological polar surface area (TPSA) is 51.0 Å². The van der Waals surface area contributed by atoms with Crippen molar-refractivity contribution in [2.75, 3.05) is 18.1 Å². The van der Waals surface area contributed by atoms with Crippen LogP contribution in [0.2, 0.25) is 0 Å². The van der Waals surface area contributed by atoms with Gasteiger partial charge in [0, 0.05) is 11.7 Å². The largest absolute Gasteiger partial charge is 0.338 e. The van der Waals surface area contributed by atoms with Gasteiger partial charge >= 0.3 is 0 Å². The fraction of sp³-hybridized carbons (Fsp3) is 0.818. The van der Waals surface area contributed by atoms with E-state index < -0.39 is 0 Å². The van der Waals surface area contributed by atoms with E-state index in [1.807, 2.05) is 11.8 Å². The maximum Gasteiger partial charge on any atom is 0.243 e. The SMILES string of the molecule is C1CSCC(c2noc(C3CCCN3)n2)C1. The van der Waals surface area contributed by atoms with Gasteiger partial charge in [-0.05, 0) is 38.0 Å². The summed E-state index contributed by atoms with van der Waals surface area (Å²) >= 11 is 2.00. The van der Waals surface area contributed by atoms with Gasteiger partial charge < -0.3 is 9.84 Å². The molecule has 1 aromatic heterocycles. The molecule has 3 rings (SSSR count). The molecule has 2 unspecified atom stereocenters. The van der Waals surface area contributed by atoms with Gasteiger partial charge in [0.2, 0.25) is 5.89 Å². The van der Waals surface area contributed by atoms with Gasteiger partial charge in [0.15, 0.2) is 5.82 Å². The Labute approximate surface area is 99.6 Å². The highest BCUT2D eigenvalue weighted by Gasteiger charge is 2.26. The van der Waals surface area contributed by atoms with Gasteiger partial charge in [-0.3, -0.25) is 0 Å². The molecule has 88 valence electrons. The van der Waals surface area contributed by atoms with Crippen LogP contribution in [-0.4, -0.2) is 28.2 Å². The van der Waals surface area contributed by atoms with Gasteiger partial charge in [-0.1, -0.05) is 5.16 Å². The molecule has 5 heteroatoms.